The zero-order valence-corrected chi connectivity index (χ0v) is 11.1. The van der Waals surface area contributed by atoms with E-state index >= 15 is 0 Å². The third-order valence-corrected chi connectivity index (χ3v) is 3.44. The fourth-order valence-electron chi connectivity index (χ4n) is 2.43. The summed E-state index contributed by atoms with van der Waals surface area (Å²) in [5, 5.41) is 9.83. The fourth-order valence-corrected chi connectivity index (χ4v) is 2.43. The van der Waals surface area contributed by atoms with Gasteiger partial charge in [0, 0.05) is 24.2 Å². The molecule has 20 heavy (non-hydrogen) atoms. The van der Waals surface area contributed by atoms with E-state index in [4.69, 9.17) is 9.84 Å². The summed E-state index contributed by atoms with van der Waals surface area (Å²) in [6.45, 7) is 3.31. The lowest BCUT2D eigenvalue weighted by Gasteiger charge is -2.29. The van der Waals surface area contributed by atoms with Gasteiger partial charge in [-0.05, 0) is 24.3 Å². The van der Waals surface area contributed by atoms with E-state index in [0.717, 1.165) is 42.9 Å². The molecule has 5 heteroatoms. The van der Waals surface area contributed by atoms with Crippen molar-refractivity contribution in [3.05, 3.63) is 36.0 Å². The number of rotatable bonds is 3. The first kappa shape index (κ1) is 12.9. The molecule has 2 aromatic rings. The molecular weight excluding hydrogens is 256 g/mol. The first-order valence-corrected chi connectivity index (χ1v) is 6.66. The summed E-state index contributed by atoms with van der Waals surface area (Å²) < 4.78 is 5.35. The minimum Gasteiger partial charge on any atom is -0.481 e. The molecule has 2 heterocycles. The van der Waals surface area contributed by atoms with Crippen LogP contribution >= 0.6 is 0 Å². The average molecular weight is 272 g/mol. The molecule has 5 nitrogen and oxygen atoms in total. The van der Waals surface area contributed by atoms with Gasteiger partial charge in [-0.1, -0.05) is 6.07 Å². The van der Waals surface area contributed by atoms with E-state index < -0.39 is 5.97 Å². The predicted molar refractivity (Wildman–Crippen MR) is 76.1 cm³/mol. The Morgan fingerprint density at radius 1 is 1.25 bits per heavy atom. The highest BCUT2D eigenvalue weighted by Crippen LogP contribution is 2.22. The Labute approximate surface area is 116 Å². The third kappa shape index (κ3) is 2.72. The molecule has 0 radical (unpaired) electrons. The van der Waals surface area contributed by atoms with Crippen molar-refractivity contribution in [2.24, 2.45) is 0 Å². The highest BCUT2D eigenvalue weighted by Gasteiger charge is 2.12. The first-order chi connectivity index (χ1) is 9.72. The Morgan fingerprint density at radius 3 is 2.80 bits per heavy atom. The average Bonchev–Trinajstić information content (AvgIpc) is 2.47. The maximum Gasteiger partial charge on any atom is 0.309 e. The number of carbonyl (C=O) groups is 1. The molecule has 0 atom stereocenters. The lowest BCUT2D eigenvalue weighted by atomic mass is 10.1. The van der Waals surface area contributed by atoms with Crippen molar-refractivity contribution in [1.82, 2.24) is 4.98 Å². The smallest absolute Gasteiger partial charge is 0.309 e. The molecule has 1 saturated heterocycles. The normalized spacial score (nSPS) is 15.5. The van der Waals surface area contributed by atoms with Crippen LogP contribution in [0, 0.1) is 0 Å². The molecule has 1 N–H and O–H groups in total. The van der Waals surface area contributed by atoms with Crippen LogP contribution in [0.3, 0.4) is 0 Å². The van der Waals surface area contributed by atoms with Crippen molar-refractivity contribution in [3.63, 3.8) is 0 Å². The Morgan fingerprint density at radius 2 is 2.05 bits per heavy atom. The van der Waals surface area contributed by atoms with Gasteiger partial charge in [0.05, 0.1) is 30.8 Å². The second-order valence-electron chi connectivity index (χ2n) is 4.85. The molecule has 0 aliphatic carbocycles. The van der Waals surface area contributed by atoms with Gasteiger partial charge >= 0.3 is 5.97 Å². The number of hydrogen-bond acceptors (Lipinski definition) is 4. The maximum atomic E-state index is 10.7. The number of aliphatic carboxylic acids is 1. The Hall–Kier alpha value is -2.14. The van der Waals surface area contributed by atoms with Gasteiger partial charge < -0.3 is 14.7 Å². The van der Waals surface area contributed by atoms with E-state index in [1.165, 1.54) is 0 Å². The molecule has 1 aromatic heterocycles. The molecule has 0 bridgehead atoms. The molecule has 3 rings (SSSR count). The number of fused-ring (bicyclic) bond motifs is 1. The SMILES string of the molecule is O=C(O)Cc1ccc2cc(N3CCOCC3)ccc2n1. The lowest BCUT2D eigenvalue weighted by Crippen LogP contribution is -2.36. The monoisotopic (exact) mass is 272 g/mol. The first-order valence-electron chi connectivity index (χ1n) is 6.66. The van der Waals surface area contributed by atoms with Crippen molar-refractivity contribution in [2.75, 3.05) is 31.2 Å². The number of aromatic nitrogens is 1. The number of morpholine rings is 1. The number of nitrogens with zero attached hydrogens (tertiary/aromatic N) is 2. The Kier molecular flexibility index (Phi) is 3.52. The summed E-state index contributed by atoms with van der Waals surface area (Å²) in [4.78, 5) is 17.4. The van der Waals surface area contributed by atoms with Gasteiger partial charge in [-0.15, -0.1) is 0 Å². The Bertz CT molecular complexity index is 636. The van der Waals surface area contributed by atoms with Crippen molar-refractivity contribution in [2.45, 2.75) is 6.42 Å². The van der Waals surface area contributed by atoms with Gasteiger partial charge in [0.25, 0.3) is 0 Å². The van der Waals surface area contributed by atoms with Crippen molar-refractivity contribution >= 4 is 22.6 Å². The van der Waals surface area contributed by atoms with Crippen LogP contribution in [0.25, 0.3) is 10.9 Å². The van der Waals surface area contributed by atoms with Crippen LogP contribution in [0.4, 0.5) is 5.69 Å². The quantitative estimate of drug-likeness (QED) is 0.921. The predicted octanol–water partition coefficient (Wildman–Crippen LogP) is 1.70. The molecular formula is C15H16N2O3. The summed E-state index contributed by atoms with van der Waals surface area (Å²) in [6, 6.07) is 9.79. The summed E-state index contributed by atoms with van der Waals surface area (Å²) in [5.41, 5.74) is 2.58. The zero-order valence-electron chi connectivity index (χ0n) is 11.1. The van der Waals surface area contributed by atoms with Crippen LogP contribution in [0.2, 0.25) is 0 Å². The molecule has 104 valence electrons. The molecule has 0 unspecified atom stereocenters. The highest BCUT2D eigenvalue weighted by molar-refractivity contribution is 5.83. The summed E-state index contributed by atoms with van der Waals surface area (Å²) in [6.07, 6.45) is -0.0405. The van der Waals surface area contributed by atoms with Gasteiger partial charge in [-0.3, -0.25) is 9.78 Å². The number of anilines is 1. The van der Waals surface area contributed by atoms with Gasteiger partial charge in [-0.2, -0.15) is 0 Å². The van der Waals surface area contributed by atoms with Crippen molar-refractivity contribution < 1.29 is 14.6 Å². The largest absolute Gasteiger partial charge is 0.481 e. The van der Waals surface area contributed by atoms with Gasteiger partial charge in [0.15, 0.2) is 0 Å². The molecule has 1 aliphatic rings. The summed E-state index contributed by atoms with van der Waals surface area (Å²) in [7, 11) is 0. The fraction of sp³-hybridized carbons (Fsp3) is 0.333. The summed E-state index contributed by atoms with van der Waals surface area (Å²) >= 11 is 0. The number of benzene rings is 1. The van der Waals surface area contributed by atoms with Crippen LogP contribution in [0.1, 0.15) is 5.69 Å². The highest BCUT2D eigenvalue weighted by atomic mass is 16.5. The van der Waals surface area contributed by atoms with Crippen LogP contribution in [0.5, 0.6) is 0 Å². The van der Waals surface area contributed by atoms with E-state index in [9.17, 15) is 4.79 Å². The van der Waals surface area contributed by atoms with Gasteiger partial charge in [-0.25, -0.2) is 0 Å². The van der Waals surface area contributed by atoms with E-state index in [-0.39, 0.29) is 6.42 Å². The Balaban J connectivity index is 1.89. The number of carboxylic acids is 1. The lowest BCUT2D eigenvalue weighted by molar-refractivity contribution is -0.136. The second-order valence-corrected chi connectivity index (χ2v) is 4.85. The summed E-state index contributed by atoms with van der Waals surface area (Å²) in [5.74, 6) is -0.859. The van der Waals surface area contributed by atoms with Gasteiger partial charge in [0.1, 0.15) is 0 Å². The number of carboxylic acid groups (broad SMARTS) is 1. The second kappa shape index (κ2) is 5.46. The molecule has 1 fully saturated rings. The van der Waals surface area contributed by atoms with Crippen LogP contribution in [0.15, 0.2) is 30.3 Å². The van der Waals surface area contributed by atoms with E-state index in [2.05, 4.69) is 16.0 Å². The minimum absolute atomic E-state index is 0.0405. The van der Waals surface area contributed by atoms with Crippen molar-refractivity contribution in [1.29, 1.82) is 0 Å². The minimum atomic E-state index is -0.859. The number of pyridine rings is 1. The van der Waals surface area contributed by atoms with Crippen LogP contribution in [-0.4, -0.2) is 42.4 Å². The van der Waals surface area contributed by atoms with Gasteiger partial charge in [0.2, 0.25) is 0 Å². The molecule has 0 spiro atoms. The third-order valence-electron chi connectivity index (χ3n) is 3.44. The van der Waals surface area contributed by atoms with E-state index in [0.29, 0.717) is 5.69 Å². The molecule has 0 amide bonds. The standard InChI is InChI=1S/C15H16N2O3/c18-15(19)10-12-2-1-11-9-13(3-4-14(11)16-12)17-5-7-20-8-6-17/h1-4,9H,5-8,10H2,(H,18,19). The molecule has 1 aromatic carbocycles. The van der Waals surface area contributed by atoms with Crippen LogP contribution in [-0.2, 0) is 16.0 Å². The zero-order chi connectivity index (χ0) is 13.9. The van der Waals surface area contributed by atoms with E-state index in [1.54, 1.807) is 6.07 Å². The van der Waals surface area contributed by atoms with Crippen LogP contribution < -0.4 is 4.90 Å². The number of ether oxygens (including phenoxy) is 1. The molecule has 0 saturated carbocycles. The topological polar surface area (TPSA) is 62.7 Å². The molecule has 1 aliphatic heterocycles. The van der Waals surface area contributed by atoms with E-state index in [1.807, 2.05) is 18.2 Å². The van der Waals surface area contributed by atoms with Crippen molar-refractivity contribution in [3.8, 4) is 0 Å². The number of hydrogen-bond donors (Lipinski definition) is 1. The maximum absolute atomic E-state index is 10.7.